The number of methoxy groups -OCH3 is 1. The summed E-state index contributed by atoms with van der Waals surface area (Å²) in [5, 5.41) is 3.50. The Morgan fingerprint density at radius 2 is 1.93 bits per heavy atom. The molecule has 0 amide bonds. The lowest BCUT2D eigenvalue weighted by Crippen LogP contribution is -2.39. The van der Waals surface area contributed by atoms with Gasteiger partial charge in [-0.25, -0.2) is 4.98 Å². The van der Waals surface area contributed by atoms with E-state index in [1.54, 1.807) is 7.11 Å². The van der Waals surface area contributed by atoms with Crippen LogP contribution in [0.2, 0.25) is 0 Å². The average Bonchev–Trinajstić information content (AvgIpc) is 3.26. The maximum Gasteiger partial charge on any atom is 0.193 e. The summed E-state index contributed by atoms with van der Waals surface area (Å²) in [5.41, 5.74) is 2.52. The molecule has 1 aliphatic heterocycles. The summed E-state index contributed by atoms with van der Waals surface area (Å²) in [6.45, 7) is 8.96. The number of pyridine rings is 1. The van der Waals surface area contributed by atoms with Crippen molar-refractivity contribution in [3.05, 3.63) is 53.7 Å². The Kier molecular flexibility index (Phi) is 9.68. The van der Waals surface area contributed by atoms with Crippen LogP contribution < -0.4 is 15.0 Å². The Labute approximate surface area is 197 Å². The van der Waals surface area contributed by atoms with E-state index in [0.29, 0.717) is 5.92 Å². The van der Waals surface area contributed by atoms with E-state index < -0.39 is 0 Å². The molecule has 1 aliphatic rings. The van der Waals surface area contributed by atoms with Crippen molar-refractivity contribution in [2.75, 3.05) is 45.2 Å². The highest BCUT2D eigenvalue weighted by molar-refractivity contribution is 14.0. The van der Waals surface area contributed by atoms with Crippen molar-refractivity contribution in [3.8, 4) is 5.75 Å². The van der Waals surface area contributed by atoms with E-state index in [2.05, 4.69) is 63.2 Å². The van der Waals surface area contributed by atoms with Crippen LogP contribution in [0.1, 0.15) is 37.3 Å². The summed E-state index contributed by atoms with van der Waals surface area (Å²) in [6.07, 6.45) is 3.09. The smallest absolute Gasteiger partial charge is 0.193 e. The fourth-order valence-electron chi connectivity index (χ4n) is 3.87. The zero-order valence-electron chi connectivity index (χ0n) is 18.5. The van der Waals surface area contributed by atoms with Gasteiger partial charge in [-0.05, 0) is 49.6 Å². The maximum atomic E-state index is 5.27. The molecule has 0 aliphatic carbocycles. The van der Waals surface area contributed by atoms with E-state index in [1.807, 2.05) is 25.4 Å². The molecule has 2 aromatic rings. The standard InChI is InChI=1S/C23H33N5O.HI/c1-5-27(6-2)22-12-7-18(15-25-22)16-26-23(24-3)28-14-13-20(17-28)19-8-10-21(29-4)11-9-19;/h7-12,15,20H,5-6,13-14,16-17H2,1-4H3,(H,24,26);1H. The van der Waals surface area contributed by atoms with Crippen LogP contribution in [-0.4, -0.2) is 56.2 Å². The van der Waals surface area contributed by atoms with Gasteiger partial charge in [0.05, 0.1) is 7.11 Å². The van der Waals surface area contributed by atoms with Gasteiger partial charge in [0.15, 0.2) is 5.96 Å². The van der Waals surface area contributed by atoms with E-state index >= 15 is 0 Å². The molecule has 0 bridgehead atoms. The first-order valence-corrected chi connectivity index (χ1v) is 10.5. The minimum absolute atomic E-state index is 0. The van der Waals surface area contributed by atoms with Crippen molar-refractivity contribution in [1.29, 1.82) is 0 Å². The van der Waals surface area contributed by atoms with Crippen LogP contribution in [0.5, 0.6) is 5.75 Å². The van der Waals surface area contributed by atoms with Gasteiger partial charge in [0.2, 0.25) is 0 Å². The van der Waals surface area contributed by atoms with E-state index in [9.17, 15) is 0 Å². The number of aromatic nitrogens is 1. The third-order valence-electron chi connectivity index (χ3n) is 5.63. The topological polar surface area (TPSA) is 53.0 Å². The second-order valence-corrected chi connectivity index (χ2v) is 7.30. The number of hydrogen-bond acceptors (Lipinski definition) is 4. The van der Waals surface area contributed by atoms with Crippen molar-refractivity contribution in [1.82, 2.24) is 15.2 Å². The molecule has 164 valence electrons. The van der Waals surface area contributed by atoms with Gasteiger partial charge in [-0.1, -0.05) is 18.2 Å². The Bertz CT molecular complexity index is 790. The van der Waals surface area contributed by atoms with Gasteiger partial charge in [0.25, 0.3) is 0 Å². The third kappa shape index (κ3) is 6.00. The van der Waals surface area contributed by atoms with E-state index in [0.717, 1.165) is 62.2 Å². The maximum absolute atomic E-state index is 5.27. The molecule has 1 aromatic carbocycles. The Morgan fingerprint density at radius 3 is 2.50 bits per heavy atom. The molecule has 7 heteroatoms. The first kappa shape index (κ1) is 24.2. The lowest BCUT2D eigenvalue weighted by Gasteiger charge is -2.22. The molecule has 1 aromatic heterocycles. The fourth-order valence-corrected chi connectivity index (χ4v) is 3.87. The number of likely N-dealkylation sites (tertiary alicyclic amines) is 1. The molecule has 0 radical (unpaired) electrons. The summed E-state index contributed by atoms with van der Waals surface area (Å²) in [4.78, 5) is 13.7. The lowest BCUT2D eigenvalue weighted by atomic mass is 9.98. The zero-order chi connectivity index (χ0) is 20.6. The first-order chi connectivity index (χ1) is 14.2. The number of hydrogen-bond donors (Lipinski definition) is 1. The fraction of sp³-hybridized carbons (Fsp3) is 0.478. The van der Waals surface area contributed by atoms with Gasteiger partial charge in [-0.15, -0.1) is 24.0 Å². The number of guanidine groups is 1. The minimum Gasteiger partial charge on any atom is -0.497 e. The second-order valence-electron chi connectivity index (χ2n) is 7.30. The van der Waals surface area contributed by atoms with Gasteiger partial charge in [0, 0.05) is 51.9 Å². The Morgan fingerprint density at radius 1 is 1.20 bits per heavy atom. The Hall–Kier alpha value is -2.03. The van der Waals surface area contributed by atoms with E-state index in [-0.39, 0.29) is 24.0 Å². The molecular formula is C23H34IN5O. The van der Waals surface area contributed by atoms with Crippen molar-refractivity contribution >= 4 is 35.8 Å². The van der Waals surface area contributed by atoms with Gasteiger partial charge < -0.3 is 19.9 Å². The molecule has 3 rings (SSSR count). The summed E-state index contributed by atoms with van der Waals surface area (Å²) in [6, 6.07) is 12.7. The van der Waals surface area contributed by atoms with Crippen LogP contribution in [0.25, 0.3) is 0 Å². The van der Waals surface area contributed by atoms with Crippen molar-refractivity contribution in [3.63, 3.8) is 0 Å². The quantitative estimate of drug-likeness (QED) is 0.336. The molecule has 0 saturated carbocycles. The Balaban J connectivity index is 0.00000320. The molecule has 1 fully saturated rings. The molecule has 30 heavy (non-hydrogen) atoms. The van der Waals surface area contributed by atoms with Crippen LogP contribution in [0.15, 0.2) is 47.6 Å². The van der Waals surface area contributed by atoms with Gasteiger partial charge in [-0.3, -0.25) is 4.99 Å². The van der Waals surface area contributed by atoms with Crippen LogP contribution in [0.4, 0.5) is 5.82 Å². The molecule has 1 unspecified atom stereocenters. The summed E-state index contributed by atoms with van der Waals surface area (Å²) in [7, 11) is 3.55. The van der Waals surface area contributed by atoms with Crippen LogP contribution in [0.3, 0.4) is 0 Å². The number of nitrogens with zero attached hydrogens (tertiary/aromatic N) is 4. The molecule has 1 N–H and O–H groups in total. The number of aliphatic imine (C=N–C) groups is 1. The zero-order valence-corrected chi connectivity index (χ0v) is 20.8. The van der Waals surface area contributed by atoms with Crippen molar-refractivity contribution < 1.29 is 4.74 Å². The van der Waals surface area contributed by atoms with Gasteiger partial charge >= 0.3 is 0 Å². The predicted molar refractivity (Wildman–Crippen MR) is 135 cm³/mol. The van der Waals surface area contributed by atoms with Gasteiger partial charge in [0.1, 0.15) is 11.6 Å². The first-order valence-electron chi connectivity index (χ1n) is 10.5. The molecular weight excluding hydrogens is 489 g/mol. The number of anilines is 1. The second kappa shape index (κ2) is 12.0. The minimum atomic E-state index is 0. The average molecular weight is 523 g/mol. The highest BCUT2D eigenvalue weighted by Gasteiger charge is 2.26. The van der Waals surface area contributed by atoms with E-state index in [4.69, 9.17) is 4.74 Å². The SMILES string of the molecule is CCN(CC)c1ccc(CNC(=NC)N2CCC(c3ccc(OC)cc3)C2)cn1.I. The molecule has 0 spiro atoms. The number of halogens is 1. The highest BCUT2D eigenvalue weighted by atomic mass is 127. The molecule has 1 saturated heterocycles. The van der Waals surface area contributed by atoms with E-state index in [1.165, 1.54) is 5.56 Å². The van der Waals surface area contributed by atoms with Crippen LogP contribution in [-0.2, 0) is 6.54 Å². The van der Waals surface area contributed by atoms with Crippen molar-refractivity contribution in [2.24, 2.45) is 4.99 Å². The van der Waals surface area contributed by atoms with Crippen molar-refractivity contribution in [2.45, 2.75) is 32.7 Å². The molecule has 6 nitrogen and oxygen atoms in total. The highest BCUT2D eigenvalue weighted by Crippen LogP contribution is 2.28. The lowest BCUT2D eigenvalue weighted by molar-refractivity contribution is 0.414. The van der Waals surface area contributed by atoms with Crippen LogP contribution >= 0.6 is 24.0 Å². The molecule has 2 heterocycles. The summed E-state index contributed by atoms with van der Waals surface area (Å²) < 4.78 is 5.27. The third-order valence-corrected chi connectivity index (χ3v) is 5.63. The number of benzene rings is 1. The van der Waals surface area contributed by atoms with Gasteiger partial charge in [-0.2, -0.15) is 0 Å². The number of nitrogens with one attached hydrogen (secondary N) is 1. The van der Waals surface area contributed by atoms with Crippen LogP contribution in [0, 0.1) is 0 Å². The number of rotatable bonds is 7. The normalized spacial score (nSPS) is 16.2. The number of ether oxygens (including phenoxy) is 1. The summed E-state index contributed by atoms with van der Waals surface area (Å²) in [5.74, 6) is 3.41. The molecule has 1 atom stereocenters. The largest absolute Gasteiger partial charge is 0.497 e. The predicted octanol–water partition coefficient (Wildman–Crippen LogP) is 4.12. The summed E-state index contributed by atoms with van der Waals surface area (Å²) >= 11 is 0. The monoisotopic (exact) mass is 523 g/mol.